The van der Waals surface area contributed by atoms with Gasteiger partial charge in [0, 0.05) is 23.4 Å². The Balaban J connectivity index is 2.07. The second-order valence-electron chi connectivity index (χ2n) is 4.36. The van der Waals surface area contributed by atoms with Crippen molar-refractivity contribution in [2.75, 3.05) is 5.32 Å². The third-order valence-electron chi connectivity index (χ3n) is 2.89. The van der Waals surface area contributed by atoms with Crippen molar-refractivity contribution in [1.82, 2.24) is 0 Å². The van der Waals surface area contributed by atoms with E-state index in [-0.39, 0.29) is 24.6 Å². The van der Waals surface area contributed by atoms with Crippen LogP contribution in [-0.2, 0) is 17.8 Å². The van der Waals surface area contributed by atoms with Crippen LogP contribution in [-0.4, -0.2) is 11.0 Å². The minimum Gasteiger partial charge on any atom is -0.508 e. The first-order valence-corrected chi connectivity index (χ1v) is 6.15. The molecule has 1 amide bonds. The van der Waals surface area contributed by atoms with Gasteiger partial charge in [0.2, 0.25) is 5.91 Å². The van der Waals surface area contributed by atoms with Gasteiger partial charge < -0.3 is 16.2 Å². The van der Waals surface area contributed by atoms with E-state index in [1.807, 2.05) is 0 Å². The van der Waals surface area contributed by atoms with Crippen LogP contribution in [0.25, 0.3) is 0 Å². The summed E-state index contributed by atoms with van der Waals surface area (Å²) in [6.45, 7) is 0.0645. The topological polar surface area (TPSA) is 75.3 Å². The standard InChI is InChI=1S/C15H15FN2O2/c16-13-6-5-12(7-11(13)9-17)18-15(20)8-10-3-1-2-4-14(10)19/h1-7,19H,8-9,17H2,(H,18,20). The molecule has 0 aromatic heterocycles. The molecule has 0 saturated heterocycles. The van der Waals surface area contributed by atoms with E-state index in [2.05, 4.69) is 5.32 Å². The number of halogens is 1. The smallest absolute Gasteiger partial charge is 0.228 e. The zero-order valence-corrected chi connectivity index (χ0v) is 10.8. The van der Waals surface area contributed by atoms with Gasteiger partial charge in [-0.05, 0) is 24.3 Å². The third-order valence-corrected chi connectivity index (χ3v) is 2.89. The van der Waals surface area contributed by atoms with Crippen LogP contribution in [0.2, 0.25) is 0 Å². The fourth-order valence-corrected chi connectivity index (χ4v) is 1.85. The van der Waals surface area contributed by atoms with Crippen molar-refractivity contribution >= 4 is 11.6 Å². The highest BCUT2D eigenvalue weighted by atomic mass is 19.1. The summed E-state index contributed by atoms with van der Waals surface area (Å²) in [4.78, 5) is 11.9. The number of rotatable bonds is 4. The summed E-state index contributed by atoms with van der Waals surface area (Å²) < 4.78 is 13.3. The molecule has 0 fully saturated rings. The highest BCUT2D eigenvalue weighted by Crippen LogP contribution is 2.18. The second kappa shape index (κ2) is 6.16. The molecule has 0 saturated carbocycles. The van der Waals surface area contributed by atoms with Crippen LogP contribution in [0.1, 0.15) is 11.1 Å². The molecule has 0 unspecified atom stereocenters. The lowest BCUT2D eigenvalue weighted by atomic mass is 10.1. The number of para-hydroxylation sites is 1. The molecule has 5 heteroatoms. The lowest BCUT2D eigenvalue weighted by Crippen LogP contribution is -2.15. The van der Waals surface area contributed by atoms with Gasteiger partial charge in [0.05, 0.1) is 6.42 Å². The first-order valence-electron chi connectivity index (χ1n) is 6.15. The molecule has 0 aliphatic rings. The Bertz CT molecular complexity index is 629. The first kappa shape index (κ1) is 14.0. The summed E-state index contributed by atoms with van der Waals surface area (Å²) in [5, 5.41) is 12.2. The Morgan fingerprint density at radius 1 is 1.20 bits per heavy atom. The van der Waals surface area contributed by atoms with Gasteiger partial charge in [-0.15, -0.1) is 0 Å². The molecule has 4 N–H and O–H groups in total. The molecular formula is C15H15FN2O2. The quantitative estimate of drug-likeness (QED) is 0.799. The number of phenolic OH excluding ortho intramolecular Hbond substituents is 1. The number of hydrogen-bond acceptors (Lipinski definition) is 3. The minimum absolute atomic E-state index is 0.0437. The van der Waals surface area contributed by atoms with E-state index >= 15 is 0 Å². The van der Waals surface area contributed by atoms with Crippen LogP contribution in [0.3, 0.4) is 0 Å². The monoisotopic (exact) mass is 274 g/mol. The van der Waals surface area contributed by atoms with E-state index in [9.17, 15) is 14.3 Å². The molecule has 104 valence electrons. The fraction of sp³-hybridized carbons (Fsp3) is 0.133. The molecule has 0 bridgehead atoms. The van der Waals surface area contributed by atoms with Crippen molar-refractivity contribution in [2.45, 2.75) is 13.0 Å². The molecule has 0 heterocycles. The molecule has 4 nitrogen and oxygen atoms in total. The third kappa shape index (κ3) is 3.33. The van der Waals surface area contributed by atoms with Crippen LogP contribution in [0.4, 0.5) is 10.1 Å². The number of hydrogen-bond donors (Lipinski definition) is 3. The van der Waals surface area contributed by atoms with Gasteiger partial charge in [-0.1, -0.05) is 18.2 Å². The number of aromatic hydroxyl groups is 1. The van der Waals surface area contributed by atoms with Crippen molar-refractivity contribution in [3.05, 3.63) is 59.4 Å². The highest BCUT2D eigenvalue weighted by Gasteiger charge is 2.09. The normalized spacial score (nSPS) is 10.3. The summed E-state index contributed by atoms with van der Waals surface area (Å²) in [6, 6.07) is 10.8. The summed E-state index contributed by atoms with van der Waals surface area (Å²) in [7, 11) is 0. The molecule has 0 atom stereocenters. The van der Waals surface area contributed by atoms with Crippen molar-refractivity contribution in [2.24, 2.45) is 5.73 Å². The minimum atomic E-state index is -0.397. The van der Waals surface area contributed by atoms with Crippen LogP contribution >= 0.6 is 0 Å². The number of benzene rings is 2. The predicted molar refractivity (Wildman–Crippen MR) is 74.7 cm³/mol. The summed E-state index contributed by atoms with van der Waals surface area (Å²) >= 11 is 0. The Morgan fingerprint density at radius 2 is 1.95 bits per heavy atom. The van der Waals surface area contributed by atoms with Gasteiger partial charge >= 0.3 is 0 Å². The van der Waals surface area contributed by atoms with E-state index in [0.717, 1.165) is 0 Å². The van der Waals surface area contributed by atoms with Crippen molar-refractivity contribution in [3.8, 4) is 5.75 Å². The van der Waals surface area contributed by atoms with E-state index in [4.69, 9.17) is 5.73 Å². The number of nitrogens with one attached hydrogen (secondary N) is 1. The Kier molecular flexibility index (Phi) is 4.32. The van der Waals surface area contributed by atoms with Gasteiger partial charge in [-0.3, -0.25) is 4.79 Å². The Labute approximate surface area is 116 Å². The Morgan fingerprint density at radius 3 is 2.65 bits per heavy atom. The average molecular weight is 274 g/mol. The van der Waals surface area contributed by atoms with E-state index in [1.54, 1.807) is 18.2 Å². The van der Waals surface area contributed by atoms with Gasteiger partial charge in [0.1, 0.15) is 11.6 Å². The molecule has 2 rings (SSSR count). The molecule has 0 aliphatic heterocycles. The van der Waals surface area contributed by atoms with Gasteiger partial charge in [0.15, 0.2) is 0 Å². The number of anilines is 1. The number of phenols is 1. The molecule has 2 aromatic rings. The van der Waals surface area contributed by atoms with Gasteiger partial charge in [0.25, 0.3) is 0 Å². The lowest BCUT2D eigenvalue weighted by Gasteiger charge is -2.08. The van der Waals surface area contributed by atoms with E-state index in [0.29, 0.717) is 16.8 Å². The number of amides is 1. The average Bonchev–Trinajstić information content (AvgIpc) is 2.43. The van der Waals surface area contributed by atoms with Crippen LogP contribution in [0.5, 0.6) is 5.75 Å². The maximum atomic E-state index is 13.3. The van der Waals surface area contributed by atoms with Gasteiger partial charge in [-0.2, -0.15) is 0 Å². The maximum absolute atomic E-state index is 13.3. The van der Waals surface area contributed by atoms with Crippen molar-refractivity contribution < 1.29 is 14.3 Å². The summed E-state index contributed by atoms with van der Waals surface area (Å²) in [5.41, 5.74) is 6.76. The second-order valence-corrected chi connectivity index (χ2v) is 4.36. The van der Waals surface area contributed by atoms with Gasteiger partial charge in [-0.25, -0.2) is 4.39 Å². The molecular weight excluding hydrogens is 259 g/mol. The van der Waals surface area contributed by atoms with Crippen molar-refractivity contribution in [1.29, 1.82) is 0 Å². The van der Waals surface area contributed by atoms with Crippen LogP contribution in [0.15, 0.2) is 42.5 Å². The molecule has 0 radical (unpaired) electrons. The predicted octanol–water partition coefficient (Wildman–Crippen LogP) is 2.17. The molecule has 0 spiro atoms. The largest absolute Gasteiger partial charge is 0.508 e. The molecule has 20 heavy (non-hydrogen) atoms. The van der Waals surface area contributed by atoms with Crippen LogP contribution in [0, 0.1) is 5.82 Å². The number of nitrogens with two attached hydrogens (primary N) is 1. The lowest BCUT2D eigenvalue weighted by molar-refractivity contribution is -0.115. The van der Waals surface area contributed by atoms with E-state index < -0.39 is 5.82 Å². The van der Waals surface area contributed by atoms with Crippen molar-refractivity contribution in [3.63, 3.8) is 0 Å². The fourth-order valence-electron chi connectivity index (χ4n) is 1.85. The zero-order chi connectivity index (χ0) is 14.5. The number of carbonyl (C=O) groups is 1. The summed E-state index contributed by atoms with van der Waals surface area (Å²) in [6.07, 6.45) is 0.0437. The summed E-state index contributed by atoms with van der Waals surface area (Å²) in [5.74, 6) is -0.614. The molecule has 0 aliphatic carbocycles. The van der Waals surface area contributed by atoms with E-state index in [1.165, 1.54) is 24.3 Å². The SMILES string of the molecule is NCc1cc(NC(=O)Cc2ccccc2O)ccc1F. The first-order chi connectivity index (χ1) is 9.60. The number of carbonyl (C=O) groups excluding carboxylic acids is 1. The maximum Gasteiger partial charge on any atom is 0.228 e. The highest BCUT2D eigenvalue weighted by molar-refractivity contribution is 5.92. The Hall–Kier alpha value is -2.40. The zero-order valence-electron chi connectivity index (χ0n) is 10.8. The van der Waals surface area contributed by atoms with Crippen LogP contribution < -0.4 is 11.1 Å². The molecule has 2 aromatic carbocycles.